The molecule has 5 heteroatoms. The van der Waals surface area contributed by atoms with Gasteiger partial charge in [-0.1, -0.05) is 12.1 Å². The Morgan fingerprint density at radius 2 is 2.00 bits per heavy atom. The van der Waals surface area contributed by atoms with E-state index in [1.54, 1.807) is 0 Å². The Labute approximate surface area is 79.2 Å². The highest BCUT2D eigenvalue weighted by Crippen LogP contribution is 2.17. The molecule has 0 saturated heterocycles. The Bertz CT molecular complexity index is 339. The number of halogens is 1. The van der Waals surface area contributed by atoms with Crippen LogP contribution < -0.4 is 0 Å². The molecule has 0 fully saturated rings. The van der Waals surface area contributed by atoms with Crippen molar-refractivity contribution in [3.8, 4) is 0 Å². The highest BCUT2D eigenvalue weighted by Gasteiger charge is 2.25. The maximum Gasteiger partial charge on any atom is 0.335 e. The molecular weight excluding hydrogens is 191 g/mol. The van der Waals surface area contributed by atoms with E-state index in [1.165, 1.54) is 12.1 Å². The van der Waals surface area contributed by atoms with Crippen LogP contribution in [0.25, 0.3) is 0 Å². The summed E-state index contributed by atoms with van der Waals surface area (Å²) in [6, 6.07) is 4.78. The number of carbonyl (C=O) groups is 1. The van der Waals surface area contributed by atoms with E-state index in [0.717, 1.165) is 12.1 Å². The number of hydrogen-bond donors (Lipinski definition) is 3. The van der Waals surface area contributed by atoms with Crippen molar-refractivity contribution in [2.24, 2.45) is 0 Å². The molecule has 0 heterocycles. The molecule has 0 aliphatic heterocycles. The number of aliphatic hydroxyl groups excluding tert-OH is 2. The van der Waals surface area contributed by atoms with Crippen LogP contribution in [0.5, 0.6) is 0 Å². The zero-order valence-electron chi connectivity index (χ0n) is 7.09. The lowest BCUT2D eigenvalue weighted by atomic mass is 10.0. The van der Waals surface area contributed by atoms with Gasteiger partial charge in [0.15, 0.2) is 6.10 Å². The summed E-state index contributed by atoms with van der Waals surface area (Å²) >= 11 is 0. The first-order valence-corrected chi connectivity index (χ1v) is 3.87. The van der Waals surface area contributed by atoms with Crippen molar-refractivity contribution in [3.63, 3.8) is 0 Å². The second-order valence-corrected chi connectivity index (χ2v) is 2.78. The molecule has 76 valence electrons. The molecule has 3 N–H and O–H groups in total. The molecule has 1 rings (SSSR count). The summed E-state index contributed by atoms with van der Waals surface area (Å²) in [5.74, 6) is -2.15. The monoisotopic (exact) mass is 200 g/mol. The van der Waals surface area contributed by atoms with Gasteiger partial charge < -0.3 is 15.3 Å². The minimum atomic E-state index is -1.95. The molecule has 4 nitrogen and oxygen atoms in total. The highest BCUT2D eigenvalue weighted by atomic mass is 19.1. The van der Waals surface area contributed by atoms with Crippen molar-refractivity contribution < 1.29 is 24.5 Å². The van der Waals surface area contributed by atoms with Gasteiger partial charge in [-0.25, -0.2) is 9.18 Å². The van der Waals surface area contributed by atoms with Crippen LogP contribution in [0.1, 0.15) is 11.7 Å². The van der Waals surface area contributed by atoms with E-state index >= 15 is 0 Å². The second-order valence-electron chi connectivity index (χ2n) is 2.78. The first-order chi connectivity index (χ1) is 6.52. The SMILES string of the molecule is O=C(O)C(O)C(O)c1cccc(F)c1. The van der Waals surface area contributed by atoms with Crippen LogP contribution in [0.15, 0.2) is 24.3 Å². The molecule has 0 aromatic heterocycles. The van der Waals surface area contributed by atoms with E-state index in [-0.39, 0.29) is 5.56 Å². The lowest BCUT2D eigenvalue weighted by Gasteiger charge is -2.13. The first-order valence-electron chi connectivity index (χ1n) is 3.87. The topological polar surface area (TPSA) is 77.8 Å². The number of rotatable bonds is 3. The molecule has 2 unspecified atom stereocenters. The fraction of sp³-hybridized carbons (Fsp3) is 0.222. The van der Waals surface area contributed by atoms with Gasteiger partial charge >= 0.3 is 5.97 Å². The maximum absolute atomic E-state index is 12.7. The van der Waals surface area contributed by atoms with Crippen LogP contribution in [0, 0.1) is 5.82 Å². The normalized spacial score (nSPS) is 14.8. The standard InChI is InChI=1S/C9H9FO4/c10-6-3-1-2-5(4-6)7(11)8(12)9(13)14/h1-4,7-8,11-12H,(H,13,14). The van der Waals surface area contributed by atoms with Crippen LogP contribution in [0.3, 0.4) is 0 Å². The van der Waals surface area contributed by atoms with Crippen molar-refractivity contribution in [3.05, 3.63) is 35.6 Å². The summed E-state index contributed by atoms with van der Waals surface area (Å²) in [4.78, 5) is 10.3. The van der Waals surface area contributed by atoms with E-state index in [0.29, 0.717) is 0 Å². The molecular formula is C9H9FO4. The van der Waals surface area contributed by atoms with Gasteiger partial charge in [0.1, 0.15) is 11.9 Å². The molecule has 14 heavy (non-hydrogen) atoms. The third-order valence-electron chi connectivity index (χ3n) is 1.74. The van der Waals surface area contributed by atoms with E-state index in [1.807, 2.05) is 0 Å². The number of carboxylic acid groups (broad SMARTS) is 1. The summed E-state index contributed by atoms with van der Waals surface area (Å²) in [6.07, 6.45) is -3.57. The molecule has 0 aliphatic carbocycles. The van der Waals surface area contributed by atoms with Gasteiger partial charge in [0, 0.05) is 0 Å². The van der Waals surface area contributed by atoms with E-state index < -0.39 is 24.0 Å². The Balaban J connectivity index is 2.89. The smallest absolute Gasteiger partial charge is 0.335 e. The number of aliphatic carboxylic acids is 1. The van der Waals surface area contributed by atoms with Crippen molar-refractivity contribution in [2.45, 2.75) is 12.2 Å². The third-order valence-corrected chi connectivity index (χ3v) is 1.74. The number of benzene rings is 1. The Morgan fingerprint density at radius 3 is 2.50 bits per heavy atom. The van der Waals surface area contributed by atoms with Crippen molar-refractivity contribution in [1.29, 1.82) is 0 Å². The molecule has 1 aromatic rings. The lowest BCUT2D eigenvalue weighted by Crippen LogP contribution is -2.27. The fourth-order valence-corrected chi connectivity index (χ4v) is 1.01. The average Bonchev–Trinajstić information content (AvgIpc) is 2.15. The lowest BCUT2D eigenvalue weighted by molar-refractivity contribution is -0.153. The van der Waals surface area contributed by atoms with E-state index in [2.05, 4.69) is 0 Å². The quantitative estimate of drug-likeness (QED) is 0.656. The van der Waals surface area contributed by atoms with Crippen molar-refractivity contribution in [2.75, 3.05) is 0 Å². The average molecular weight is 200 g/mol. The van der Waals surface area contributed by atoms with Crippen LogP contribution >= 0.6 is 0 Å². The van der Waals surface area contributed by atoms with E-state index in [4.69, 9.17) is 10.2 Å². The minimum Gasteiger partial charge on any atom is -0.479 e. The van der Waals surface area contributed by atoms with Crippen molar-refractivity contribution in [1.82, 2.24) is 0 Å². The fourth-order valence-electron chi connectivity index (χ4n) is 1.01. The zero-order valence-corrected chi connectivity index (χ0v) is 7.09. The summed E-state index contributed by atoms with van der Waals surface area (Å²) < 4.78 is 12.7. The Kier molecular flexibility index (Phi) is 3.16. The van der Waals surface area contributed by atoms with Crippen LogP contribution in [-0.4, -0.2) is 27.4 Å². The molecule has 1 aromatic carbocycles. The van der Waals surface area contributed by atoms with Gasteiger partial charge in [0.25, 0.3) is 0 Å². The summed E-state index contributed by atoms with van der Waals surface area (Å²) in [5, 5.41) is 26.6. The number of carboxylic acids is 1. The zero-order chi connectivity index (χ0) is 10.7. The molecule has 0 saturated carbocycles. The predicted octanol–water partition coefficient (Wildman–Crippen LogP) is 0.305. The first kappa shape index (κ1) is 10.6. The summed E-state index contributed by atoms with van der Waals surface area (Å²) in [7, 11) is 0. The second kappa shape index (κ2) is 4.17. The molecule has 0 spiro atoms. The van der Waals surface area contributed by atoms with Gasteiger partial charge in [-0.2, -0.15) is 0 Å². The summed E-state index contributed by atoms with van der Waals surface area (Å²) in [5.41, 5.74) is 0.0277. The van der Waals surface area contributed by atoms with Crippen molar-refractivity contribution >= 4 is 5.97 Å². The summed E-state index contributed by atoms with van der Waals surface area (Å²) in [6.45, 7) is 0. The third kappa shape index (κ3) is 2.27. The van der Waals surface area contributed by atoms with Gasteiger partial charge in [-0.05, 0) is 17.7 Å². The molecule has 0 radical (unpaired) electrons. The van der Waals surface area contributed by atoms with Gasteiger partial charge in [-0.15, -0.1) is 0 Å². The van der Waals surface area contributed by atoms with E-state index in [9.17, 15) is 14.3 Å². The molecule has 0 amide bonds. The molecule has 0 bridgehead atoms. The number of aliphatic hydroxyl groups is 2. The van der Waals surface area contributed by atoms with Gasteiger partial charge in [0.05, 0.1) is 0 Å². The minimum absolute atomic E-state index is 0.0277. The van der Waals surface area contributed by atoms with Crippen LogP contribution in [0.2, 0.25) is 0 Å². The largest absolute Gasteiger partial charge is 0.479 e. The van der Waals surface area contributed by atoms with Gasteiger partial charge in [-0.3, -0.25) is 0 Å². The Hall–Kier alpha value is -1.46. The highest BCUT2D eigenvalue weighted by molar-refractivity contribution is 5.73. The molecule has 2 atom stereocenters. The maximum atomic E-state index is 12.7. The van der Waals surface area contributed by atoms with Crippen LogP contribution in [-0.2, 0) is 4.79 Å². The Morgan fingerprint density at radius 1 is 1.36 bits per heavy atom. The van der Waals surface area contributed by atoms with Gasteiger partial charge in [0.2, 0.25) is 0 Å². The predicted molar refractivity (Wildman–Crippen MR) is 45.0 cm³/mol. The van der Waals surface area contributed by atoms with Crippen LogP contribution in [0.4, 0.5) is 4.39 Å². The molecule has 0 aliphatic rings. The number of hydrogen-bond acceptors (Lipinski definition) is 3.